The molecule has 1 rings (SSSR count). The Morgan fingerprint density at radius 3 is 2.63 bits per heavy atom. The molecular formula is C15H19ClO3. The van der Waals surface area contributed by atoms with Crippen LogP contribution in [-0.4, -0.2) is 25.3 Å². The molecule has 0 atom stereocenters. The lowest BCUT2D eigenvalue weighted by atomic mass is 10.1. The average molecular weight is 283 g/mol. The van der Waals surface area contributed by atoms with Gasteiger partial charge in [-0.05, 0) is 38.0 Å². The van der Waals surface area contributed by atoms with Gasteiger partial charge in [-0.25, -0.2) is 4.79 Å². The monoisotopic (exact) mass is 282 g/mol. The van der Waals surface area contributed by atoms with Crippen molar-refractivity contribution in [1.29, 1.82) is 0 Å². The third-order valence-corrected chi connectivity index (χ3v) is 2.74. The molecule has 4 heteroatoms. The summed E-state index contributed by atoms with van der Waals surface area (Å²) in [4.78, 5) is 11.6. The van der Waals surface area contributed by atoms with Crippen LogP contribution in [0.4, 0.5) is 0 Å². The largest absolute Gasteiger partial charge is 0.460 e. The van der Waals surface area contributed by atoms with Gasteiger partial charge in [0.05, 0.1) is 12.7 Å². The standard InChI is InChI=1S/C15H19ClO3/c1-11(2)18-8-9-19-15(17)10-12(3)13-6-4-5-7-14(13)16/h4-7,10-11H,8-9H2,1-3H3. The van der Waals surface area contributed by atoms with Gasteiger partial charge in [0.1, 0.15) is 6.61 Å². The number of allylic oxidation sites excluding steroid dienone is 1. The minimum absolute atomic E-state index is 0.138. The molecule has 0 spiro atoms. The molecular weight excluding hydrogens is 264 g/mol. The van der Waals surface area contributed by atoms with E-state index in [1.54, 1.807) is 6.07 Å². The topological polar surface area (TPSA) is 35.5 Å². The second-order valence-corrected chi connectivity index (χ2v) is 4.80. The van der Waals surface area contributed by atoms with Gasteiger partial charge < -0.3 is 9.47 Å². The van der Waals surface area contributed by atoms with Crippen LogP contribution in [0.15, 0.2) is 30.3 Å². The van der Waals surface area contributed by atoms with E-state index in [0.717, 1.165) is 11.1 Å². The molecule has 0 radical (unpaired) electrons. The van der Waals surface area contributed by atoms with E-state index in [1.165, 1.54) is 6.08 Å². The van der Waals surface area contributed by atoms with Crippen LogP contribution in [-0.2, 0) is 14.3 Å². The number of ether oxygens (including phenoxy) is 2. The summed E-state index contributed by atoms with van der Waals surface area (Å²) in [5, 5.41) is 0.618. The van der Waals surface area contributed by atoms with E-state index < -0.39 is 0 Å². The lowest BCUT2D eigenvalue weighted by Crippen LogP contribution is -2.12. The summed E-state index contributed by atoms with van der Waals surface area (Å²) in [6.07, 6.45) is 1.58. The Balaban J connectivity index is 2.50. The van der Waals surface area contributed by atoms with Crippen LogP contribution in [0.2, 0.25) is 5.02 Å². The number of rotatable bonds is 6. The molecule has 0 aromatic heterocycles. The third kappa shape index (κ3) is 5.90. The Kier molecular flexibility index (Phi) is 6.60. The number of esters is 1. The fraction of sp³-hybridized carbons (Fsp3) is 0.400. The van der Waals surface area contributed by atoms with Crippen molar-refractivity contribution in [1.82, 2.24) is 0 Å². The first-order chi connectivity index (χ1) is 9.00. The zero-order chi connectivity index (χ0) is 14.3. The number of halogens is 1. The molecule has 0 aliphatic carbocycles. The quantitative estimate of drug-likeness (QED) is 0.453. The van der Waals surface area contributed by atoms with Crippen molar-refractivity contribution in [2.24, 2.45) is 0 Å². The highest BCUT2D eigenvalue weighted by molar-refractivity contribution is 6.32. The van der Waals surface area contributed by atoms with Crippen LogP contribution in [0.25, 0.3) is 5.57 Å². The molecule has 0 aliphatic rings. The van der Waals surface area contributed by atoms with Crippen molar-refractivity contribution < 1.29 is 14.3 Å². The van der Waals surface area contributed by atoms with E-state index in [-0.39, 0.29) is 18.7 Å². The van der Waals surface area contributed by atoms with Gasteiger partial charge in [-0.2, -0.15) is 0 Å². The van der Waals surface area contributed by atoms with Gasteiger partial charge in [-0.15, -0.1) is 0 Å². The fourth-order valence-electron chi connectivity index (χ4n) is 1.50. The Bertz CT molecular complexity index is 452. The van der Waals surface area contributed by atoms with Crippen molar-refractivity contribution in [2.45, 2.75) is 26.9 Å². The molecule has 0 unspecified atom stereocenters. The number of carbonyl (C=O) groups is 1. The van der Waals surface area contributed by atoms with E-state index in [2.05, 4.69) is 0 Å². The molecule has 0 aliphatic heterocycles. The summed E-state index contributed by atoms with van der Waals surface area (Å²) in [5.74, 6) is -0.384. The maximum absolute atomic E-state index is 11.6. The van der Waals surface area contributed by atoms with Crippen LogP contribution in [0.5, 0.6) is 0 Å². The van der Waals surface area contributed by atoms with Crippen molar-refractivity contribution in [3.8, 4) is 0 Å². The Morgan fingerprint density at radius 2 is 2.00 bits per heavy atom. The van der Waals surface area contributed by atoms with E-state index in [1.807, 2.05) is 39.0 Å². The second-order valence-electron chi connectivity index (χ2n) is 4.39. The molecule has 0 saturated carbocycles. The second kappa shape index (κ2) is 7.97. The summed E-state index contributed by atoms with van der Waals surface area (Å²) < 4.78 is 10.3. The molecule has 0 fully saturated rings. The maximum atomic E-state index is 11.6. The van der Waals surface area contributed by atoms with Gasteiger partial charge in [0, 0.05) is 11.1 Å². The molecule has 0 N–H and O–H groups in total. The number of hydrogen-bond donors (Lipinski definition) is 0. The molecule has 0 amide bonds. The van der Waals surface area contributed by atoms with Gasteiger partial charge in [0.15, 0.2) is 0 Å². The van der Waals surface area contributed by atoms with E-state index in [9.17, 15) is 4.79 Å². The number of hydrogen-bond acceptors (Lipinski definition) is 3. The maximum Gasteiger partial charge on any atom is 0.331 e. The van der Waals surface area contributed by atoms with E-state index in [4.69, 9.17) is 21.1 Å². The zero-order valence-corrected chi connectivity index (χ0v) is 12.2. The molecule has 19 heavy (non-hydrogen) atoms. The first-order valence-electron chi connectivity index (χ1n) is 6.22. The summed E-state index contributed by atoms with van der Waals surface area (Å²) in [5.41, 5.74) is 1.61. The van der Waals surface area contributed by atoms with Crippen LogP contribution in [0, 0.1) is 0 Å². The molecule has 3 nitrogen and oxygen atoms in total. The Labute approximate surface area is 119 Å². The van der Waals surface area contributed by atoms with Gasteiger partial charge in [-0.1, -0.05) is 29.8 Å². The highest BCUT2D eigenvalue weighted by atomic mass is 35.5. The SMILES string of the molecule is CC(=CC(=O)OCCOC(C)C)c1ccccc1Cl. The normalized spacial score (nSPS) is 11.7. The van der Waals surface area contributed by atoms with Crippen molar-refractivity contribution in [2.75, 3.05) is 13.2 Å². The van der Waals surface area contributed by atoms with Crippen LogP contribution >= 0.6 is 11.6 Å². The molecule has 104 valence electrons. The van der Waals surface area contributed by atoms with Gasteiger partial charge in [-0.3, -0.25) is 0 Å². The molecule has 1 aromatic carbocycles. The van der Waals surface area contributed by atoms with Crippen molar-refractivity contribution >= 4 is 23.1 Å². The minimum Gasteiger partial charge on any atom is -0.460 e. The van der Waals surface area contributed by atoms with Crippen LogP contribution < -0.4 is 0 Å². The first kappa shape index (κ1) is 15.7. The Hall–Kier alpha value is -1.32. The lowest BCUT2D eigenvalue weighted by molar-refractivity contribution is -0.139. The highest BCUT2D eigenvalue weighted by Crippen LogP contribution is 2.22. The van der Waals surface area contributed by atoms with Gasteiger partial charge in [0.25, 0.3) is 0 Å². The number of carbonyl (C=O) groups excluding carboxylic acids is 1. The summed E-state index contributed by atoms with van der Waals surface area (Å²) in [7, 11) is 0. The Morgan fingerprint density at radius 1 is 1.32 bits per heavy atom. The predicted molar refractivity (Wildman–Crippen MR) is 77.2 cm³/mol. The van der Waals surface area contributed by atoms with Crippen molar-refractivity contribution in [3.63, 3.8) is 0 Å². The van der Waals surface area contributed by atoms with Crippen molar-refractivity contribution in [3.05, 3.63) is 40.9 Å². The molecule has 0 heterocycles. The van der Waals surface area contributed by atoms with E-state index in [0.29, 0.717) is 11.6 Å². The smallest absolute Gasteiger partial charge is 0.331 e. The first-order valence-corrected chi connectivity index (χ1v) is 6.60. The van der Waals surface area contributed by atoms with E-state index >= 15 is 0 Å². The van der Waals surface area contributed by atoms with Crippen LogP contribution in [0.3, 0.4) is 0 Å². The van der Waals surface area contributed by atoms with Crippen LogP contribution in [0.1, 0.15) is 26.3 Å². The lowest BCUT2D eigenvalue weighted by Gasteiger charge is -2.08. The zero-order valence-electron chi connectivity index (χ0n) is 11.5. The summed E-state index contributed by atoms with van der Waals surface area (Å²) in [6.45, 7) is 6.35. The summed E-state index contributed by atoms with van der Waals surface area (Å²) >= 11 is 6.05. The molecule has 0 saturated heterocycles. The molecule has 1 aromatic rings. The average Bonchev–Trinajstić information content (AvgIpc) is 2.35. The number of benzene rings is 1. The van der Waals surface area contributed by atoms with Gasteiger partial charge in [0.2, 0.25) is 0 Å². The fourth-order valence-corrected chi connectivity index (χ4v) is 1.79. The highest BCUT2D eigenvalue weighted by Gasteiger charge is 2.05. The summed E-state index contributed by atoms with van der Waals surface area (Å²) in [6, 6.07) is 7.38. The van der Waals surface area contributed by atoms with Gasteiger partial charge >= 0.3 is 5.97 Å². The molecule has 0 bridgehead atoms. The third-order valence-electron chi connectivity index (χ3n) is 2.41. The minimum atomic E-state index is -0.384. The predicted octanol–water partition coefficient (Wildman–Crippen LogP) is 3.71.